The number of fused-ring (bicyclic) bond motifs is 2. The van der Waals surface area contributed by atoms with Gasteiger partial charge in [-0.2, -0.15) is 0 Å². The molecule has 22 heavy (non-hydrogen) atoms. The second-order valence-electron chi connectivity index (χ2n) is 4.88. The van der Waals surface area contributed by atoms with Gasteiger partial charge in [0.05, 0.1) is 27.9 Å². The maximum Gasteiger partial charge on any atom is 0.303 e. The molecule has 1 heterocycles. The molecule has 6 nitrogen and oxygen atoms in total. The van der Waals surface area contributed by atoms with Crippen molar-refractivity contribution in [2.75, 3.05) is 11.6 Å². The fourth-order valence-corrected chi connectivity index (χ4v) is 2.48. The fraction of sp³-hybridized carbons (Fsp3) is 0.0625. The summed E-state index contributed by atoms with van der Waals surface area (Å²) in [6.45, 7) is 3.91. The number of para-hydroxylation sites is 1. The highest BCUT2D eigenvalue weighted by molar-refractivity contribution is 6.01. The molecule has 0 fully saturated rings. The van der Waals surface area contributed by atoms with E-state index in [1.165, 1.54) is 5.01 Å². The standard InChI is InChI=1S/C16H14N4O2/c1-2-9-19(17)15-8-7-14-12(16(15)20(21)22)10-11-5-3-4-6-13(11)18-14/h2-8,10H,1,9,17H2. The minimum Gasteiger partial charge on any atom is -0.301 e. The van der Waals surface area contributed by atoms with Crippen molar-refractivity contribution in [1.82, 2.24) is 4.98 Å². The van der Waals surface area contributed by atoms with Crippen molar-refractivity contribution in [1.29, 1.82) is 0 Å². The van der Waals surface area contributed by atoms with Crippen LogP contribution in [0, 0.1) is 10.1 Å². The minimum atomic E-state index is -0.420. The molecule has 1 aromatic heterocycles. The number of nitro benzene ring substituents is 1. The summed E-state index contributed by atoms with van der Waals surface area (Å²) < 4.78 is 0. The van der Waals surface area contributed by atoms with E-state index >= 15 is 0 Å². The predicted octanol–water partition coefficient (Wildman–Crippen LogP) is 3.16. The maximum absolute atomic E-state index is 11.6. The van der Waals surface area contributed by atoms with E-state index in [9.17, 15) is 10.1 Å². The van der Waals surface area contributed by atoms with Crippen LogP contribution in [0.15, 0.2) is 55.1 Å². The molecule has 110 valence electrons. The lowest BCUT2D eigenvalue weighted by atomic mass is 10.1. The number of pyridine rings is 1. The number of nitro groups is 1. The Labute approximate surface area is 126 Å². The number of nitrogens with two attached hydrogens (primary N) is 1. The molecule has 0 atom stereocenters. The summed E-state index contributed by atoms with van der Waals surface area (Å²) in [6.07, 6.45) is 1.59. The van der Waals surface area contributed by atoms with Crippen LogP contribution in [0.1, 0.15) is 0 Å². The lowest BCUT2D eigenvalue weighted by Gasteiger charge is -2.17. The molecule has 0 amide bonds. The molecule has 0 aliphatic carbocycles. The van der Waals surface area contributed by atoms with Crippen LogP contribution in [0.5, 0.6) is 0 Å². The number of hydrogen-bond acceptors (Lipinski definition) is 5. The van der Waals surface area contributed by atoms with Gasteiger partial charge in [-0.1, -0.05) is 24.3 Å². The molecule has 6 heteroatoms. The number of hydrogen-bond donors (Lipinski definition) is 1. The molecule has 0 radical (unpaired) electrons. The molecule has 2 aromatic carbocycles. The summed E-state index contributed by atoms with van der Waals surface area (Å²) in [4.78, 5) is 15.6. The summed E-state index contributed by atoms with van der Waals surface area (Å²) in [6, 6.07) is 12.7. The molecular formula is C16H14N4O2. The van der Waals surface area contributed by atoms with Crippen molar-refractivity contribution in [3.63, 3.8) is 0 Å². The number of benzene rings is 2. The summed E-state index contributed by atoms with van der Waals surface area (Å²) >= 11 is 0. The molecule has 0 aliphatic heterocycles. The van der Waals surface area contributed by atoms with E-state index in [0.29, 0.717) is 23.1 Å². The number of nitrogens with zero attached hydrogens (tertiary/aromatic N) is 3. The normalized spacial score (nSPS) is 10.8. The number of hydrazine groups is 1. The third-order valence-corrected chi connectivity index (χ3v) is 3.47. The van der Waals surface area contributed by atoms with Gasteiger partial charge in [-0.25, -0.2) is 10.8 Å². The topological polar surface area (TPSA) is 85.3 Å². The van der Waals surface area contributed by atoms with Crippen LogP contribution < -0.4 is 10.9 Å². The lowest BCUT2D eigenvalue weighted by molar-refractivity contribution is -0.382. The third kappa shape index (κ3) is 2.25. The van der Waals surface area contributed by atoms with Gasteiger partial charge in [-0.3, -0.25) is 10.1 Å². The Morgan fingerprint density at radius 2 is 2.05 bits per heavy atom. The zero-order chi connectivity index (χ0) is 15.7. The first-order valence-electron chi connectivity index (χ1n) is 6.72. The van der Waals surface area contributed by atoms with E-state index in [0.717, 1.165) is 10.9 Å². The van der Waals surface area contributed by atoms with E-state index in [1.54, 1.807) is 24.3 Å². The second kappa shape index (κ2) is 5.42. The van der Waals surface area contributed by atoms with E-state index < -0.39 is 4.92 Å². The van der Waals surface area contributed by atoms with Crippen LogP contribution >= 0.6 is 0 Å². The number of anilines is 1. The molecule has 3 rings (SSSR count). The summed E-state index contributed by atoms with van der Waals surface area (Å²) in [5.74, 6) is 5.89. The molecule has 2 N–H and O–H groups in total. The molecule has 0 saturated heterocycles. The zero-order valence-electron chi connectivity index (χ0n) is 11.8. The first kappa shape index (κ1) is 14.0. The monoisotopic (exact) mass is 294 g/mol. The Bertz CT molecular complexity index is 892. The molecule has 0 spiro atoms. The first-order chi connectivity index (χ1) is 10.6. The van der Waals surface area contributed by atoms with Crippen LogP contribution in [-0.2, 0) is 0 Å². The molecule has 0 aliphatic rings. The van der Waals surface area contributed by atoms with Gasteiger partial charge in [-0.05, 0) is 24.3 Å². The van der Waals surface area contributed by atoms with E-state index in [-0.39, 0.29) is 5.69 Å². The van der Waals surface area contributed by atoms with Gasteiger partial charge >= 0.3 is 5.69 Å². The van der Waals surface area contributed by atoms with Gasteiger partial charge < -0.3 is 5.01 Å². The molecule has 0 saturated carbocycles. The van der Waals surface area contributed by atoms with Crippen LogP contribution in [0.4, 0.5) is 11.4 Å². The number of rotatable bonds is 4. The highest BCUT2D eigenvalue weighted by Gasteiger charge is 2.22. The Balaban J connectivity index is 2.35. The molecular weight excluding hydrogens is 280 g/mol. The van der Waals surface area contributed by atoms with Crippen LogP contribution in [0.25, 0.3) is 21.8 Å². The summed E-state index contributed by atoms with van der Waals surface area (Å²) in [7, 11) is 0. The van der Waals surface area contributed by atoms with E-state index in [4.69, 9.17) is 5.84 Å². The van der Waals surface area contributed by atoms with Gasteiger partial charge in [0.2, 0.25) is 0 Å². The van der Waals surface area contributed by atoms with Crippen LogP contribution in [0.2, 0.25) is 0 Å². The average Bonchev–Trinajstić information content (AvgIpc) is 2.51. The van der Waals surface area contributed by atoms with Crippen molar-refractivity contribution in [2.45, 2.75) is 0 Å². The SMILES string of the molecule is C=CCN(N)c1ccc2nc3ccccc3cc2c1[N+](=O)[O-]. The molecule has 3 aromatic rings. The van der Waals surface area contributed by atoms with Crippen LogP contribution in [0.3, 0.4) is 0 Å². The van der Waals surface area contributed by atoms with Crippen molar-refractivity contribution in [3.05, 3.63) is 65.2 Å². The third-order valence-electron chi connectivity index (χ3n) is 3.47. The van der Waals surface area contributed by atoms with Crippen molar-refractivity contribution < 1.29 is 4.92 Å². The van der Waals surface area contributed by atoms with Gasteiger partial charge in [0, 0.05) is 5.39 Å². The Morgan fingerprint density at radius 1 is 1.27 bits per heavy atom. The predicted molar refractivity (Wildman–Crippen MR) is 87.6 cm³/mol. The minimum absolute atomic E-state index is 0.0416. The first-order valence-corrected chi connectivity index (χ1v) is 6.72. The smallest absolute Gasteiger partial charge is 0.301 e. The lowest BCUT2D eigenvalue weighted by Crippen LogP contribution is -2.31. The zero-order valence-corrected chi connectivity index (χ0v) is 11.8. The Hall–Kier alpha value is -2.99. The average molecular weight is 294 g/mol. The largest absolute Gasteiger partial charge is 0.303 e. The maximum atomic E-state index is 11.6. The molecule has 0 unspecified atom stereocenters. The van der Waals surface area contributed by atoms with Gasteiger partial charge in [0.15, 0.2) is 0 Å². The van der Waals surface area contributed by atoms with E-state index in [2.05, 4.69) is 11.6 Å². The second-order valence-corrected chi connectivity index (χ2v) is 4.88. The van der Waals surface area contributed by atoms with Crippen LogP contribution in [-0.4, -0.2) is 16.5 Å². The van der Waals surface area contributed by atoms with Gasteiger partial charge in [0.25, 0.3) is 0 Å². The fourth-order valence-electron chi connectivity index (χ4n) is 2.48. The van der Waals surface area contributed by atoms with Gasteiger partial charge in [0.1, 0.15) is 5.69 Å². The Kier molecular flexibility index (Phi) is 3.44. The highest BCUT2D eigenvalue weighted by Crippen LogP contribution is 2.35. The summed E-state index contributed by atoms with van der Waals surface area (Å²) in [5, 5.41) is 14.2. The highest BCUT2D eigenvalue weighted by atomic mass is 16.6. The van der Waals surface area contributed by atoms with Crippen molar-refractivity contribution in [2.24, 2.45) is 5.84 Å². The molecule has 0 bridgehead atoms. The quantitative estimate of drug-likeness (QED) is 0.263. The van der Waals surface area contributed by atoms with Gasteiger partial charge in [-0.15, -0.1) is 6.58 Å². The van der Waals surface area contributed by atoms with E-state index in [1.807, 2.05) is 24.3 Å². The number of aromatic nitrogens is 1. The van der Waals surface area contributed by atoms with Crippen molar-refractivity contribution >= 4 is 33.2 Å². The van der Waals surface area contributed by atoms with Crippen molar-refractivity contribution in [3.8, 4) is 0 Å². The summed E-state index contributed by atoms with van der Waals surface area (Å²) in [5.41, 5.74) is 1.67. The Morgan fingerprint density at radius 3 is 2.77 bits per heavy atom.